The Kier molecular flexibility index (Phi) is 43.1. The third kappa shape index (κ3) is 43.5. The van der Waals surface area contributed by atoms with Crippen LogP contribution in [0.15, 0.2) is 97.2 Å². The molecule has 0 rings (SSSR count). The van der Waals surface area contributed by atoms with E-state index in [0.717, 1.165) is 83.5 Å². The number of rotatable bonds is 40. The number of hydrogen-bond acceptors (Lipinski definition) is 6. The first-order valence-electron chi connectivity index (χ1n) is 23.3. The Labute approximate surface area is 356 Å². The lowest BCUT2D eigenvalue weighted by atomic mass is 10.1. The molecule has 0 spiro atoms. The molecule has 0 aliphatic heterocycles. The van der Waals surface area contributed by atoms with E-state index in [1.807, 2.05) is 54.7 Å². The van der Waals surface area contributed by atoms with Crippen molar-refractivity contribution >= 4 is 17.9 Å². The van der Waals surface area contributed by atoms with Crippen molar-refractivity contribution in [2.75, 3.05) is 13.2 Å². The molecule has 328 valence electrons. The molecule has 0 fully saturated rings. The van der Waals surface area contributed by atoms with Crippen LogP contribution < -0.4 is 0 Å². The van der Waals surface area contributed by atoms with Crippen molar-refractivity contribution in [3.63, 3.8) is 0 Å². The van der Waals surface area contributed by atoms with Gasteiger partial charge in [0.1, 0.15) is 13.2 Å². The Hall–Kier alpha value is -3.67. The summed E-state index contributed by atoms with van der Waals surface area (Å²) in [5.74, 6) is -1.02. The van der Waals surface area contributed by atoms with Gasteiger partial charge < -0.3 is 14.2 Å². The maximum absolute atomic E-state index is 12.7. The minimum Gasteiger partial charge on any atom is -0.462 e. The highest BCUT2D eigenvalue weighted by Gasteiger charge is 2.19. The van der Waals surface area contributed by atoms with E-state index in [1.165, 1.54) is 64.2 Å². The van der Waals surface area contributed by atoms with Gasteiger partial charge in [0.2, 0.25) is 0 Å². The van der Waals surface area contributed by atoms with Crippen LogP contribution in [0.25, 0.3) is 0 Å². The van der Waals surface area contributed by atoms with Crippen molar-refractivity contribution in [2.24, 2.45) is 0 Å². The normalized spacial score (nSPS) is 12.9. The van der Waals surface area contributed by atoms with Crippen molar-refractivity contribution < 1.29 is 28.6 Å². The smallest absolute Gasteiger partial charge is 0.306 e. The summed E-state index contributed by atoms with van der Waals surface area (Å²) in [6.45, 7) is 6.27. The van der Waals surface area contributed by atoms with Crippen LogP contribution in [0.5, 0.6) is 0 Å². The second kappa shape index (κ2) is 46.0. The first kappa shape index (κ1) is 54.3. The van der Waals surface area contributed by atoms with Crippen molar-refractivity contribution in [1.82, 2.24) is 0 Å². The minimum absolute atomic E-state index is 0.117. The molecule has 1 unspecified atom stereocenters. The summed E-state index contributed by atoms with van der Waals surface area (Å²) in [6, 6.07) is 0. The molecule has 0 amide bonds. The monoisotopic (exact) mass is 805 g/mol. The van der Waals surface area contributed by atoms with E-state index in [1.54, 1.807) is 0 Å². The van der Waals surface area contributed by atoms with Crippen LogP contribution in [0.1, 0.15) is 194 Å². The van der Waals surface area contributed by atoms with E-state index >= 15 is 0 Å². The lowest BCUT2D eigenvalue weighted by Crippen LogP contribution is -2.30. The summed E-state index contributed by atoms with van der Waals surface area (Å²) in [5, 5.41) is 0. The Morgan fingerprint density at radius 3 is 1.31 bits per heavy atom. The molecular formula is C52H84O6. The quantitative estimate of drug-likeness (QED) is 0.0202. The van der Waals surface area contributed by atoms with Gasteiger partial charge in [-0.15, -0.1) is 0 Å². The van der Waals surface area contributed by atoms with Crippen LogP contribution in [0.2, 0.25) is 0 Å². The number of unbranched alkanes of at least 4 members (excludes halogenated alkanes) is 17. The average molecular weight is 805 g/mol. The van der Waals surface area contributed by atoms with Crippen LogP contribution in [0.3, 0.4) is 0 Å². The van der Waals surface area contributed by atoms with Gasteiger partial charge in [-0.2, -0.15) is 0 Å². The molecule has 0 aromatic carbocycles. The van der Waals surface area contributed by atoms with E-state index in [0.29, 0.717) is 19.3 Å². The zero-order valence-corrected chi connectivity index (χ0v) is 37.3. The van der Waals surface area contributed by atoms with Crippen molar-refractivity contribution in [1.29, 1.82) is 0 Å². The molecule has 0 aromatic heterocycles. The second-order valence-corrected chi connectivity index (χ2v) is 15.0. The van der Waals surface area contributed by atoms with E-state index in [2.05, 4.69) is 63.3 Å². The lowest BCUT2D eigenvalue weighted by molar-refractivity contribution is -0.167. The topological polar surface area (TPSA) is 78.9 Å². The highest BCUT2D eigenvalue weighted by Crippen LogP contribution is 2.13. The number of carbonyl (C=O) groups excluding carboxylic acids is 3. The molecule has 0 aliphatic rings. The van der Waals surface area contributed by atoms with Gasteiger partial charge >= 0.3 is 17.9 Å². The zero-order valence-electron chi connectivity index (χ0n) is 37.3. The van der Waals surface area contributed by atoms with Crippen LogP contribution in [-0.4, -0.2) is 37.2 Å². The summed E-state index contributed by atoms with van der Waals surface area (Å²) in [6.07, 6.45) is 59.7. The fourth-order valence-electron chi connectivity index (χ4n) is 5.97. The molecule has 0 bridgehead atoms. The van der Waals surface area contributed by atoms with Gasteiger partial charge in [0.05, 0.1) is 0 Å². The van der Waals surface area contributed by atoms with Gasteiger partial charge in [-0.3, -0.25) is 14.4 Å². The zero-order chi connectivity index (χ0) is 42.3. The third-order valence-electron chi connectivity index (χ3n) is 9.43. The molecule has 0 N–H and O–H groups in total. The van der Waals surface area contributed by atoms with Crippen LogP contribution in [0.4, 0.5) is 0 Å². The minimum atomic E-state index is -0.823. The molecule has 0 aliphatic carbocycles. The number of esters is 3. The highest BCUT2D eigenvalue weighted by molar-refractivity contribution is 5.71. The first-order valence-corrected chi connectivity index (χ1v) is 23.3. The van der Waals surface area contributed by atoms with E-state index < -0.39 is 12.1 Å². The molecule has 0 radical (unpaired) electrons. The van der Waals surface area contributed by atoms with Crippen molar-refractivity contribution in [2.45, 2.75) is 200 Å². The predicted molar refractivity (Wildman–Crippen MR) is 247 cm³/mol. The van der Waals surface area contributed by atoms with Gasteiger partial charge in [-0.25, -0.2) is 0 Å². The van der Waals surface area contributed by atoms with Gasteiger partial charge in [0.15, 0.2) is 6.10 Å². The highest BCUT2D eigenvalue weighted by atomic mass is 16.6. The summed E-state index contributed by atoms with van der Waals surface area (Å²) < 4.78 is 16.6. The summed E-state index contributed by atoms with van der Waals surface area (Å²) in [7, 11) is 0. The number of hydrogen-bond donors (Lipinski definition) is 0. The Morgan fingerprint density at radius 1 is 0.379 bits per heavy atom. The lowest BCUT2D eigenvalue weighted by Gasteiger charge is -2.18. The van der Waals surface area contributed by atoms with Crippen molar-refractivity contribution in [3.05, 3.63) is 97.2 Å². The van der Waals surface area contributed by atoms with Gasteiger partial charge in [-0.05, 0) is 83.5 Å². The maximum Gasteiger partial charge on any atom is 0.306 e. The summed E-state index contributed by atoms with van der Waals surface area (Å²) in [4.78, 5) is 37.8. The largest absolute Gasteiger partial charge is 0.462 e. The average Bonchev–Trinajstić information content (AvgIpc) is 3.22. The standard InChI is InChI=1S/C52H84O6/c1-4-7-10-13-16-19-22-25-28-30-33-36-39-42-45-51(54)57-48-49(58-52(55)46-43-40-37-34-31-27-24-21-18-15-12-9-6-3)47-56-50(53)44-41-38-35-32-29-26-23-20-17-14-11-8-5-2/h7,9-10,12,15-16,18-19,21,24,26-27,29,31,34,37,49H,4-6,8,11,13-14,17,20,22-23,25,28,30,32-33,35-36,38-48H2,1-3H3/b10-7-,12-9-,18-15-,19-16-,24-21-,29-26-,31-27-,37-34-. The van der Waals surface area contributed by atoms with Gasteiger partial charge in [0, 0.05) is 19.3 Å². The Morgan fingerprint density at radius 2 is 0.776 bits per heavy atom. The molecule has 1 atom stereocenters. The van der Waals surface area contributed by atoms with E-state index in [4.69, 9.17) is 14.2 Å². The summed E-state index contributed by atoms with van der Waals surface area (Å²) >= 11 is 0. The molecule has 0 heterocycles. The molecule has 6 heteroatoms. The summed E-state index contributed by atoms with van der Waals surface area (Å²) in [5.41, 5.74) is 0. The maximum atomic E-state index is 12.7. The second-order valence-electron chi connectivity index (χ2n) is 15.0. The Balaban J connectivity index is 4.54. The molecule has 58 heavy (non-hydrogen) atoms. The number of allylic oxidation sites excluding steroid dienone is 16. The SMILES string of the molecule is CC\C=C/C=C\C=C/C=C\C=C/CCCC(=O)OC(COC(=O)CCCCC/C=C\CCCCCCCC)COC(=O)CCCCCCCCC/C=C\C/C=C\CC. The number of carbonyl (C=O) groups is 3. The Bertz CT molecular complexity index is 1200. The van der Waals surface area contributed by atoms with E-state index in [-0.39, 0.29) is 31.6 Å². The van der Waals surface area contributed by atoms with Crippen molar-refractivity contribution in [3.8, 4) is 0 Å². The van der Waals surface area contributed by atoms with Crippen LogP contribution in [0, 0.1) is 0 Å². The van der Waals surface area contributed by atoms with Crippen LogP contribution in [-0.2, 0) is 28.6 Å². The molecule has 0 aromatic rings. The predicted octanol–water partition coefficient (Wildman–Crippen LogP) is 15.0. The molecule has 0 saturated carbocycles. The fraction of sp³-hybridized carbons (Fsp3) is 0.635. The number of ether oxygens (including phenoxy) is 3. The molecule has 0 saturated heterocycles. The van der Waals surface area contributed by atoms with Crippen LogP contribution >= 0.6 is 0 Å². The van der Waals surface area contributed by atoms with Gasteiger partial charge in [0.25, 0.3) is 0 Å². The first-order chi connectivity index (χ1) is 28.5. The molecule has 6 nitrogen and oxygen atoms in total. The van der Waals surface area contributed by atoms with Gasteiger partial charge in [-0.1, -0.05) is 189 Å². The third-order valence-corrected chi connectivity index (χ3v) is 9.43. The van der Waals surface area contributed by atoms with E-state index in [9.17, 15) is 14.4 Å². The molecular weight excluding hydrogens is 721 g/mol. The fourth-order valence-corrected chi connectivity index (χ4v) is 5.97.